The Bertz CT molecular complexity index is 2180. The van der Waals surface area contributed by atoms with Crippen LogP contribution in [0.3, 0.4) is 0 Å². The molecular weight excluding hydrogens is 622 g/mol. The van der Waals surface area contributed by atoms with Gasteiger partial charge in [0, 0.05) is 40.4 Å². The molecule has 240 valence electrons. The molecular formula is C35H32F2N6O3S. The van der Waals surface area contributed by atoms with E-state index in [1.54, 1.807) is 13.0 Å². The first kappa shape index (κ1) is 30.7. The molecule has 9 nitrogen and oxygen atoms in total. The van der Waals surface area contributed by atoms with Crippen LogP contribution < -0.4 is 10.1 Å². The number of halogens is 2. The second-order valence-corrected chi connectivity index (χ2v) is 12.9. The van der Waals surface area contributed by atoms with Crippen LogP contribution >= 0.6 is 11.3 Å². The molecule has 0 unspecified atom stereocenters. The summed E-state index contributed by atoms with van der Waals surface area (Å²) in [4.78, 5) is 21.9. The molecule has 12 heteroatoms. The first-order valence-corrected chi connectivity index (χ1v) is 16.1. The highest BCUT2D eigenvalue weighted by Crippen LogP contribution is 2.47. The van der Waals surface area contributed by atoms with Crippen LogP contribution in [-0.4, -0.2) is 48.5 Å². The zero-order valence-corrected chi connectivity index (χ0v) is 26.8. The summed E-state index contributed by atoms with van der Waals surface area (Å²) in [5.41, 5.74) is 5.09. The van der Waals surface area contributed by atoms with Crippen molar-refractivity contribution in [1.82, 2.24) is 30.0 Å². The topological polar surface area (TPSA) is 118 Å². The number of nitrogens with zero attached hydrogens (tertiary/aromatic N) is 4. The predicted octanol–water partition coefficient (Wildman–Crippen LogP) is 7.01. The fourth-order valence-corrected chi connectivity index (χ4v) is 7.06. The van der Waals surface area contributed by atoms with Crippen LogP contribution in [0.2, 0.25) is 0 Å². The minimum atomic E-state index is -0.799. The lowest BCUT2D eigenvalue weighted by molar-refractivity contribution is -0.117. The number of aliphatic hydroxyl groups is 1. The lowest BCUT2D eigenvalue weighted by Crippen LogP contribution is -2.32. The fraction of sp³-hybridized carbons (Fsp3) is 0.257. The summed E-state index contributed by atoms with van der Waals surface area (Å²) in [5.74, 6) is -0.911. The molecule has 4 heterocycles. The highest BCUT2D eigenvalue weighted by atomic mass is 32.1. The number of carbonyl (C=O) groups excluding carboxylic acids is 1. The molecule has 1 saturated carbocycles. The van der Waals surface area contributed by atoms with E-state index in [9.17, 15) is 14.3 Å². The molecule has 1 aliphatic rings. The number of benzene rings is 2. The summed E-state index contributed by atoms with van der Waals surface area (Å²) in [5, 5.41) is 22.8. The summed E-state index contributed by atoms with van der Waals surface area (Å²) < 4.78 is 39.6. The van der Waals surface area contributed by atoms with E-state index in [-0.39, 0.29) is 35.8 Å². The number of aliphatic hydroxyl groups excluding tert-OH is 1. The third-order valence-electron chi connectivity index (χ3n) is 8.79. The number of pyridine rings is 1. The lowest BCUT2D eigenvalue weighted by Gasteiger charge is -2.31. The maximum absolute atomic E-state index is 16.1. The van der Waals surface area contributed by atoms with E-state index >= 15 is 4.39 Å². The Morgan fingerprint density at radius 3 is 2.77 bits per heavy atom. The number of thiophene rings is 1. The van der Waals surface area contributed by atoms with Crippen LogP contribution in [0.15, 0.2) is 60.5 Å². The van der Waals surface area contributed by atoms with Gasteiger partial charge in [-0.05, 0) is 68.3 Å². The van der Waals surface area contributed by atoms with Gasteiger partial charge in [-0.2, -0.15) is 5.10 Å². The Morgan fingerprint density at radius 1 is 1.19 bits per heavy atom. The average molecular weight is 655 g/mol. The van der Waals surface area contributed by atoms with Gasteiger partial charge in [-0.15, -0.1) is 11.3 Å². The highest BCUT2D eigenvalue weighted by molar-refractivity contribution is 7.18. The van der Waals surface area contributed by atoms with Crippen molar-refractivity contribution in [2.75, 3.05) is 6.61 Å². The monoisotopic (exact) mass is 654 g/mol. The Labute approximate surface area is 272 Å². The standard InChI is InChI=1S/C35H32F2N6O3S/c1-5-30(45)38-17(2)25-15-27(42-41-25)34-32(31-24(37)13-21(36)14-29(31)46-16-19-10-22(44)11-19)35-23(8-9-47-35)33(40-34)20-6-7-28-26(12-20)39-18(3)43(28)4/h5-9,12-15,17,19,22,44H,1,10-11,16H2,2-4H3,(H,38,45)(H,41,42)/t17-,19?,22?/m1/s1. The predicted molar refractivity (Wildman–Crippen MR) is 178 cm³/mol. The molecule has 0 spiro atoms. The second kappa shape index (κ2) is 12.0. The zero-order chi connectivity index (χ0) is 33.0. The van der Waals surface area contributed by atoms with Crippen molar-refractivity contribution in [3.05, 3.63) is 83.7 Å². The molecule has 2 aromatic carbocycles. The van der Waals surface area contributed by atoms with Gasteiger partial charge in [0.2, 0.25) is 5.91 Å². The van der Waals surface area contributed by atoms with Gasteiger partial charge in [0.1, 0.15) is 34.6 Å². The van der Waals surface area contributed by atoms with Gasteiger partial charge >= 0.3 is 0 Å². The van der Waals surface area contributed by atoms with Crippen LogP contribution in [0.25, 0.3) is 54.9 Å². The number of imidazole rings is 1. The molecule has 0 aliphatic heterocycles. The molecule has 4 aromatic heterocycles. The van der Waals surface area contributed by atoms with Crippen LogP contribution in [-0.2, 0) is 11.8 Å². The van der Waals surface area contributed by atoms with Crippen LogP contribution in [0.1, 0.15) is 37.3 Å². The van der Waals surface area contributed by atoms with Crippen LogP contribution in [0, 0.1) is 24.5 Å². The van der Waals surface area contributed by atoms with E-state index in [1.807, 2.05) is 48.2 Å². The van der Waals surface area contributed by atoms with E-state index < -0.39 is 17.7 Å². The second-order valence-electron chi connectivity index (χ2n) is 12.0. The number of hydrogen-bond acceptors (Lipinski definition) is 7. The van der Waals surface area contributed by atoms with Crippen molar-refractivity contribution in [2.24, 2.45) is 13.0 Å². The van der Waals surface area contributed by atoms with Gasteiger partial charge in [-0.25, -0.2) is 18.7 Å². The number of amides is 1. The third kappa shape index (κ3) is 5.57. The Balaban J connectivity index is 1.45. The number of ether oxygens (including phenoxy) is 1. The van der Waals surface area contributed by atoms with Gasteiger partial charge in [0.05, 0.1) is 46.7 Å². The molecule has 6 aromatic rings. The maximum atomic E-state index is 16.1. The SMILES string of the molecule is C=CC(=O)N[C@H](C)c1cc(-c2nc(-c3ccc4c(c3)nc(C)n4C)c3ccsc3c2-c2c(F)cc(F)cc2OCC2CC(O)C2)n[nH]1. The molecule has 1 aliphatic carbocycles. The first-order valence-electron chi connectivity index (χ1n) is 15.2. The summed E-state index contributed by atoms with van der Waals surface area (Å²) in [6.07, 6.45) is 1.94. The molecule has 0 radical (unpaired) electrons. The number of hydrogen-bond donors (Lipinski definition) is 3. The van der Waals surface area contributed by atoms with E-state index in [4.69, 9.17) is 14.7 Å². The molecule has 1 fully saturated rings. The third-order valence-corrected chi connectivity index (χ3v) is 9.72. The van der Waals surface area contributed by atoms with E-state index in [0.29, 0.717) is 45.9 Å². The van der Waals surface area contributed by atoms with E-state index in [2.05, 4.69) is 22.1 Å². The number of carbonyl (C=O) groups is 1. The minimum absolute atomic E-state index is 0.0437. The van der Waals surface area contributed by atoms with Gasteiger partial charge in [0.15, 0.2) is 0 Å². The number of aromatic nitrogens is 5. The Hall–Kier alpha value is -4.94. The van der Waals surface area contributed by atoms with Crippen molar-refractivity contribution >= 4 is 38.4 Å². The number of aromatic amines is 1. The van der Waals surface area contributed by atoms with Gasteiger partial charge < -0.3 is 19.7 Å². The average Bonchev–Trinajstić information content (AvgIpc) is 3.78. The van der Waals surface area contributed by atoms with Gasteiger partial charge in [-0.1, -0.05) is 12.6 Å². The van der Waals surface area contributed by atoms with Crippen molar-refractivity contribution in [2.45, 2.75) is 38.8 Å². The summed E-state index contributed by atoms with van der Waals surface area (Å²) in [6.45, 7) is 7.46. The fourth-order valence-electron chi connectivity index (χ4n) is 6.11. The molecule has 47 heavy (non-hydrogen) atoms. The zero-order valence-electron chi connectivity index (χ0n) is 26.0. The summed E-state index contributed by atoms with van der Waals surface area (Å²) in [6, 6.07) is 11.2. The Morgan fingerprint density at radius 2 is 2.00 bits per heavy atom. The number of aryl methyl sites for hydroxylation is 2. The number of rotatable bonds is 9. The van der Waals surface area contributed by atoms with Crippen molar-refractivity contribution in [3.8, 4) is 39.5 Å². The van der Waals surface area contributed by atoms with Gasteiger partial charge in [-0.3, -0.25) is 9.89 Å². The van der Waals surface area contributed by atoms with Crippen LogP contribution in [0.4, 0.5) is 8.78 Å². The van der Waals surface area contributed by atoms with E-state index in [0.717, 1.165) is 33.9 Å². The molecule has 0 bridgehead atoms. The number of nitrogens with one attached hydrogen (secondary N) is 2. The smallest absolute Gasteiger partial charge is 0.243 e. The minimum Gasteiger partial charge on any atom is -0.492 e. The Kier molecular flexibility index (Phi) is 7.85. The van der Waals surface area contributed by atoms with E-state index in [1.165, 1.54) is 23.5 Å². The van der Waals surface area contributed by atoms with Crippen molar-refractivity contribution in [3.63, 3.8) is 0 Å². The molecule has 7 rings (SSSR count). The number of fused-ring (bicyclic) bond motifs is 2. The first-order chi connectivity index (χ1) is 22.6. The lowest BCUT2D eigenvalue weighted by atomic mass is 9.83. The van der Waals surface area contributed by atoms with Crippen molar-refractivity contribution < 1.29 is 23.4 Å². The van der Waals surface area contributed by atoms with Crippen molar-refractivity contribution in [1.29, 1.82) is 0 Å². The molecule has 1 amide bonds. The maximum Gasteiger partial charge on any atom is 0.243 e. The molecule has 1 atom stereocenters. The summed E-state index contributed by atoms with van der Waals surface area (Å²) >= 11 is 1.41. The normalized spacial score (nSPS) is 16.7. The quantitative estimate of drug-likeness (QED) is 0.145. The molecule has 0 saturated heterocycles. The van der Waals surface area contributed by atoms with Gasteiger partial charge in [0.25, 0.3) is 0 Å². The largest absolute Gasteiger partial charge is 0.492 e. The number of H-pyrrole nitrogens is 1. The molecule has 3 N–H and O–H groups in total. The van der Waals surface area contributed by atoms with Crippen LogP contribution in [0.5, 0.6) is 5.75 Å². The summed E-state index contributed by atoms with van der Waals surface area (Å²) in [7, 11) is 1.96. The highest BCUT2D eigenvalue weighted by Gasteiger charge is 2.30.